The first-order valence-corrected chi connectivity index (χ1v) is 7.15. The van der Waals surface area contributed by atoms with Crippen molar-refractivity contribution in [1.29, 1.82) is 0 Å². The first kappa shape index (κ1) is 14.7. The molecule has 2 atom stereocenters. The van der Waals surface area contributed by atoms with Gasteiger partial charge in [0.05, 0.1) is 11.7 Å². The van der Waals surface area contributed by atoms with E-state index in [4.69, 9.17) is 10.5 Å². The normalized spacial score (nSPS) is 21.7. The van der Waals surface area contributed by atoms with Crippen molar-refractivity contribution in [3.8, 4) is 0 Å². The Bertz CT molecular complexity index is 476. The molecule has 0 bridgehead atoms. The number of nitrogen functional groups attached to an aromatic ring is 1. The van der Waals surface area contributed by atoms with Crippen molar-refractivity contribution in [1.82, 2.24) is 5.32 Å². The fourth-order valence-electron chi connectivity index (χ4n) is 2.45. The highest BCUT2D eigenvalue weighted by atomic mass is 16.5. The van der Waals surface area contributed by atoms with Gasteiger partial charge in [-0.3, -0.25) is 4.79 Å². The van der Waals surface area contributed by atoms with Crippen LogP contribution in [0, 0.1) is 5.92 Å². The summed E-state index contributed by atoms with van der Waals surface area (Å²) in [7, 11) is 0. The minimum atomic E-state index is -0.0780. The Morgan fingerprint density at radius 1 is 1.50 bits per heavy atom. The summed E-state index contributed by atoms with van der Waals surface area (Å²) in [5.74, 6) is 0.393. The monoisotopic (exact) mass is 277 g/mol. The van der Waals surface area contributed by atoms with Crippen molar-refractivity contribution in [3.05, 3.63) is 23.8 Å². The molecular weight excluding hydrogens is 254 g/mol. The highest BCUT2D eigenvalue weighted by molar-refractivity contribution is 6.00. The van der Waals surface area contributed by atoms with Gasteiger partial charge in [-0.15, -0.1) is 0 Å². The van der Waals surface area contributed by atoms with Crippen LogP contribution in [0.2, 0.25) is 0 Å². The van der Waals surface area contributed by atoms with E-state index in [9.17, 15) is 4.79 Å². The summed E-state index contributed by atoms with van der Waals surface area (Å²) in [6.45, 7) is 6.20. The number of benzene rings is 1. The maximum Gasteiger partial charge on any atom is 0.253 e. The minimum absolute atomic E-state index is 0.0780. The van der Waals surface area contributed by atoms with E-state index in [2.05, 4.69) is 17.6 Å². The molecule has 0 saturated carbocycles. The maximum absolute atomic E-state index is 12.0. The van der Waals surface area contributed by atoms with Crippen molar-refractivity contribution >= 4 is 17.3 Å². The summed E-state index contributed by atoms with van der Waals surface area (Å²) in [4.78, 5) is 12.0. The summed E-state index contributed by atoms with van der Waals surface area (Å²) in [6.07, 6.45) is 1.31. The number of nitrogens with two attached hydrogens (primary N) is 1. The van der Waals surface area contributed by atoms with Gasteiger partial charge in [-0.05, 0) is 38.5 Å². The average Bonchev–Trinajstić information content (AvgIpc) is 2.82. The predicted octanol–water partition coefficient (Wildman–Crippen LogP) is 1.86. The van der Waals surface area contributed by atoms with Crippen molar-refractivity contribution in [2.45, 2.75) is 26.4 Å². The fraction of sp³-hybridized carbons (Fsp3) is 0.533. The van der Waals surface area contributed by atoms with E-state index in [0.29, 0.717) is 23.7 Å². The molecule has 1 amide bonds. The highest BCUT2D eigenvalue weighted by Gasteiger charge is 2.24. The zero-order valence-corrected chi connectivity index (χ0v) is 12.1. The average molecular weight is 277 g/mol. The van der Waals surface area contributed by atoms with Crippen LogP contribution in [0.3, 0.4) is 0 Å². The third-order valence-corrected chi connectivity index (χ3v) is 3.71. The summed E-state index contributed by atoms with van der Waals surface area (Å²) >= 11 is 0. The van der Waals surface area contributed by atoms with Crippen LogP contribution in [-0.2, 0) is 4.74 Å². The maximum atomic E-state index is 12.0. The molecule has 1 aliphatic heterocycles. The first-order chi connectivity index (χ1) is 9.61. The molecule has 1 aliphatic rings. The molecule has 0 aromatic heterocycles. The van der Waals surface area contributed by atoms with Gasteiger partial charge in [0, 0.05) is 37.0 Å². The highest BCUT2D eigenvalue weighted by Crippen LogP contribution is 2.24. The van der Waals surface area contributed by atoms with Gasteiger partial charge in [0.1, 0.15) is 0 Å². The SMILES string of the molecule is CCNC(=O)c1ccc(N)cc1NCC1CCOC1C. The number of hydrogen-bond acceptors (Lipinski definition) is 4. The lowest BCUT2D eigenvalue weighted by atomic mass is 10.0. The van der Waals surface area contributed by atoms with Crippen molar-refractivity contribution < 1.29 is 9.53 Å². The van der Waals surface area contributed by atoms with Crippen LogP contribution in [-0.4, -0.2) is 31.7 Å². The molecule has 5 nitrogen and oxygen atoms in total. The Hall–Kier alpha value is -1.75. The van der Waals surface area contributed by atoms with Gasteiger partial charge in [-0.2, -0.15) is 0 Å². The molecule has 1 aromatic carbocycles. The van der Waals surface area contributed by atoms with E-state index in [1.54, 1.807) is 12.1 Å². The number of carbonyl (C=O) groups is 1. The molecule has 0 radical (unpaired) electrons. The van der Waals surface area contributed by atoms with E-state index < -0.39 is 0 Å². The van der Waals surface area contributed by atoms with Gasteiger partial charge in [0.2, 0.25) is 0 Å². The Morgan fingerprint density at radius 2 is 2.30 bits per heavy atom. The topological polar surface area (TPSA) is 76.4 Å². The molecule has 2 rings (SSSR count). The molecule has 0 spiro atoms. The Balaban J connectivity index is 2.08. The molecule has 0 aliphatic carbocycles. The molecule has 2 unspecified atom stereocenters. The second kappa shape index (κ2) is 6.61. The molecule has 110 valence electrons. The third kappa shape index (κ3) is 3.42. The van der Waals surface area contributed by atoms with Crippen molar-refractivity contribution in [2.75, 3.05) is 30.7 Å². The second-order valence-corrected chi connectivity index (χ2v) is 5.17. The molecule has 5 heteroatoms. The van der Waals surface area contributed by atoms with Gasteiger partial charge in [0.15, 0.2) is 0 Å². The Morgan fingerprint density at radius 3 is 2.95 bits per heavy atom. The number of carbonyl (C=O) groups excluding carboxylic acids is 1. The number of amides is 1. The van der Waals surface area contributed by atoms with Crippen LogP contribution in [0.15, 0.2) is 18.2 Å². The largest absolute Gasteiger partial charge is 0.399 e. The predicted molar refractivity (Wildman–Crippen MR) is 80.9 cm³/mol. The van der Waals surface area contributed by atoms with Crippen LogP contribution in [0.5, 0.6) is 0 Å². The third-order valence-electron chi connectivity index (χ3n) is 3.71. The Labute approximate surface area is 119 Å². The zero-order chi connectivity index (χ0) is 14.5. The fourth-order valence-corrected chi connectivity index (χ4v) is 2.45. The smallest absolute Gasteiger partial charge is 0.253 e. The van der Waals surface area contributed by atoms with Gasteiger partial charge in [-0.1, -0.05) is 0 Å². The van der Waals surface area contributed by atoms with Gasteiger partial charge >= 0.3 is 0 Å². The minimum Gasteiger partial charge on any atom is -0.399 e. The summed E-state index contributed by atoms with van der Waals surface area (Å²) in [6, 6.07) is 5.32. The molecule has 1 fully saturated rings. The van der Waals surface area contributed by atoms with Crippen LogP contribution in [0.25, 0.3) is 0 Å². The first-order valence-electron chi connectivity index (χ1n) is 7.15. The van der Waals surface area contributed by atoms with Crippen LogP contribution in [0.4, 0.5) is 11.4 Å². The number of hydrogen-bond donors (Lipinski definition) is 3. The lowest BCUT2D eigenvalue weighted by Crippen LogP contribution is -2.26. The van der Waals surface area contributed by atoms with Gasteiger partial charge in [0.25, 0.3) is 5.91 Å². The molecule has 1 saturated heterocycles. The van der Waals surface area contributed by atoms with Crippen LogP contribution < -0.4 is 16.4 Å². The second-order valence-electron chi connectivity index (χ2n) is 5.17. The number of nitrogens with one attached hydrogen (secondary N) is 2. The van der Waals surface area contributed by atoms with E-state index in [-0.39, 0.29) is 12.0 Å². The van der Waals surface area contributed by atoms with Crippen LogP contribution >= 0.6 is 0 Å². The standard InChI is InChI=1S/C15H23N3O2/c1-3-17-15(19)13-5-4-12(16)8-14(13)18-9-11-6-7-20-10(11)2/h4-5,8,10-11,18H,3,6-7,9,16H2,1-2H3,(H,17,19). The van der Waals surface area contributed by atoms with E-state index >= 15 is 0 Å². The number of anilines is 2. The number of rotatable bonds is 5. The molecule has 4 N–H and O–H groups in total. The summed E-state index contributed by atoms with van der Waals surface area (Å²) in [5, 5.41) is 6.16. The Kier molecular flexibility index (Phi) is 4.84. The molecule has 20 heavy (non-hydrogen) atoms. The lowest BCUT2D eigenvalue weighted by molar-refractivity contribution is 0.0956. The summed E-state index contributed by atoms with van der Waals surface area (Å²) < 4.78 is 5.55. The van der Waals surface area contributed by atoms with E-state index in [1.807, 2.05) is 13.0 Å². The molecule has 1 heterocycles. The quantitative estimate of drug-likeness (QED) is 0.718. The molecular formula is C15H23N3O2. The molecule has 1 aromatic rings. The zero-order valence-electron chi connectivity index (χ0n) is 12.1. The van der Waals surface area contributed by atoms with E-state index in [1.165, 1.54) is 0 Å². The van der Waals surface area contributed by atoms with Crippen molar-refractivity contribution in [3.63, 3.8) is 0 Å². The summed E-state index contributed by atoms with van der Waals surface area (Å²) in [5.41, 5.74) is 7.88. The van der Waals surface area contributed by atoms with Gasteiger partial charge in [-0.25, -0.2) is 0 Å². The van der Waals surface area contributed by atoms with Gasteiger partial charge < -0.3 is 21.1 Å². The van der Waals surface area contributed by atoms with Crippen molar-refractivity contribution in [2.24, 2.45) is 5.92 Å². The lowest BCUT2D eigenvalue weighted by Gasteiger charge is -2.18. The van der Waals surface area contributed by atoms with Crippen LogP contribution in [0.1, 0.15) is 30.6 Å². The van der Waals surface area contributed by atoms with E-state index in [0.717, 1.165) is 25.3 Å². The number of ether oxygens (including phenoxy) is 1.